The van der Waals surface area contributed by atoms with Gasteiger partial charge in [-0.1, -0.05) is 17.8 Å². The summed E-state index contributed by atoms with van der Waals surface area (Å²) >= 11 is 4.61. The summed E-state index contributed by atoms with van der Waals surface area (Å²) in [6.45, 7) is 0.585. The van der Waals surface area contributed by atoms with Gasteiger partial charge in [-0.3, -0.25) is 14.4 Å². The summed E-state index contributed by atoms with van der Waals surface area (Å²) in [7, 11) is 1.27. The number of carbonyl (C=O) groups excluding carboxylic acids is 2. The van der Waals surface area contributed by atoms with E-state index < -0.39 is 5.97 Å². The predicted octanol–water partition coefficient (Wildman–Crippen LogP) is 1.69. The van der Waals surface area contributed by atoms with E-state index in [0.29, 0.717) is 17.4 Å². The first kappa shape index (κ1) is 20.5. The zero-order valence-electron chi connectivity index (χ0n) is 14.1. The lowest BCUT2D eigenvalue weighted by atomic mass is 10.3. The molecular formula is C16H19N3O4S3. The molecule has 0 fully saturated rings. The monoisotopic (exact) mass is 413 g/mol. The molecule has 2 aromatic heterocycles. The van der Waals surface area contributed by atoms with Gasteiger partial charge in [0.15, 0.2) is 5.16 Å². The Kier molecular flexibility index (Phi) is 8.72. The Morgan fingerprint density at radius 2 is 2.27 bits per heavy atom. The van der Waals surface area contributed by atoms with Gasteiger partial charge in [-0.2, -0.15) is 11.8 Å². The molecule has 140 valence electrons. The van der Waals surface area contributed by atoms with Crippen molar-refractivity contribution in [3.63, 3.8) is 0 Å². The summed E-state index contributed by atoms with van der Waals surface area (Å²) < 4.78 is 4.56. The van der Waals surface area contributed by atoms with E-state index in [0.717, 1.165) is 23.3 Å². The van der Waals surface area contributed by atoms with Crippen LogP contribution in [0, 0.1) is 0 Å². The van der Waals surface area contributed by atoms with E-state index >= 15 is 0 Å². The summed E-state index contributed by atoms with van der Waals surface area (Å²) in [5.41, 5.74) is -0.0553. The number of hydrogen-bond donors (Lipinski definition) is 2. The lowest BCUT2D eigenvalue weighted by molar-refractivity contribution is -0.139. The number of aromatic nitrogens is 2. The fourth-order valence-electron chi connectivity index (χ4n) is 1.88. The third kappa shape index (κ3) is 7.63. The van der Waals surface area contributed by atoms with Crippen LogP contribution in [0.3, 0.4) is 0 Å². The second kappa shape index (κ2) is 11.0. The molecule has 0 bridgehead atoms. The first-order valence-electron chi connectivity index (χ1n) is 7.73. The normalized spacial score (nSPS) is 10.5. The number of carbonyl (C=O) groups is 2. The van der Waals surface area contributed by atoms with Gasteiger partial charge in [-0.25, -0.2) is 4.98 Å². The Morgan fingerprint density at radius 3 is 3.00 bits per heavy atom. The van der Waals surface area contributed by atoms with Crippen molar-refractivity contribution in [1.82, 2.24) is 15.3 Å². The summed E-state index contributed by atoms with van der Waals surface area (Å²) in [6, 6.07) is 5.36. The maximum absolute atomic E-state index is 11.9. The number of ether oxygens (including phenoxy) is 1. The highest BCUT2D eigenvalue weighted by atomic mass is 32.2. The Hall–Kier alpha value is -1.78. The molecule has 0 aliphatic carbocycles. The number of thiophene rings is 1. The fourth-order valence-corrected chi connectivity index (χ4v) is 4.30. The second-order valence-electron chi connectivity index (χ2n) is 5.07. The van der Waals surface area contributed by atoms with Crippen LogP contribution in [0.1, 0.15) is 10.6 Å². The third-order valence-electron chi connectivity index (χ3n) is 3.06. The van der Waals surface area contributed by atoms with Crippen molar-refractivity contribution in [2.24, 2.45) is 0 Å². The number of methoxy groups -OCH3 is 1. The Morgan fingerprint density at radius 1 is 1.42 bits per heavy atom. The number of rotatable bonds is 10. The molecule has 0 spiro atoms. The molecule has 10 heteroatoms. The van der Waals surface area contributed by atoms with Gasteiger partial charge in [0, 0.05) is 29.0 Å². The minimum absolute atomic E-state index is 0.0817. The van der Waals surface area contributed by atoms with Crippen LogP contribution >= 0.6 is 34.9 Å². The van der Waals surface area contributed by atoms with Crippen molar-refractivity contribution in [1.29, 1.82) is 0 Å². The number of nitrogens with one attached hydrogen (secondary N) is 2. The number of nitrogens with zero attached hydrogens (tertiary/aromatic N) is 1. The molecule has 0 aliphatic rings. The van der Waals surface area contributed by atoms with Crippen molar-refractivity contribution in [2.75, 3.05) is 25.2 Å². The quantitative estimate of drug-likeness (QED) is 0.264. The van der Waals surface area contributed by atoms with Crippen molar-refractivity contribution in [3.05, 3.63) is 44.5 Å². The number of aromatic amines is 1. The zero-order chi connectivity index (χ0) is 18.8. The number of esters is 1. The van der Waals surface area contributed by atoms with E-state index in [9.17, 15) is 14.4 Å². The van der Waals surface area contributed by atoms with Crippen LogP contribution in [0.25, 0.3) is 0 Å². The molecule has 0 aromatic carbocycles. The minimum atomic E-state index is -0.475. The standard InChI is InChI=1S/C16H19N3O4S3/c1-23-15(22)8-11-7-13(20)19-16(18-11)26-10-14(21)17-4-6-24-9-12-3-2-5-25-12/h2-3,5,7H,4,6,8-10H2,1H3,(H,17,21)(H,18,19,20). The minimum Gasteiger partial charge on any atom is -0.469 e. The van der Waals surface area contributed by atoms with Gasteiger partial charge in [-0.15, -0.1) is 11.3 Å². The van der Waals surface area contributed by atoms with E-state index in [1.165, 1.54) is 18.1 Å². The van der Waals surface area contributed by atoms with Crippen LogP contribution in [0.2, 0.25) is 0 Å². The maximum atomic E-state index is 11.9. The molecule has 0 saturated carbocycles. The Bertz CT molecular complexity index is 777. The van der Waals surface area contributed by atoms with E-state index in [1.807, 2.05) is 11.4 Å². The van der Waals surface area contributed by atoms with Gasteiger partial charge in [0.05, 0.1) is 25.0 Å². The van der Waals surface area contributed by atoms with Gasteiger partial charge in [-0.05, 0) is 11.4 Å². The number of hydrogen-bond acceptors (Lipinski definition) is 8. The average Bonchev–Trinajstić information content (AvgIpc) is 3.12. The van der Waals surface area contributed by atoms with Crippen LogP contribution < -0.4 is 10.9 Å². The maximum Gasteiger partial charge on any atom is 0.311 e. The predicted molar refractivity (Wildman–Crippen MR) is 105 cm³/mol. The van der Waals surface area contributed by atoms with Crippen LogP contribution in [0.5, 0.6) is 0 Å². The summed E-state index contributed by atoms with van der Waals surface area (Å²) in [6.07, 6.45) is -0.0817. The van der Waals surface area contributed by atoms with Gasteiger partial charge in [0.25, 0.3) is 5.56 Å². The summed E-state index contributed by atoms with van der Waals surface area (Å²) in [4.78, 5) is 42.8. The fraction of sp³-hybridized carbons (Fsp3) is 0.375. The van der Waals surface area contributed by atoms with Gasteiger partial charge < -0.3 is 15.0 Å². The van der Waals surface area contributed by atoms with Crippen molar-refractivity contribution >= 4 is 46.7 Å². The topological polar surface area (TPSA) is 101 Å². The summed E-state index contributed by atoms with van der Waals surface area (Å²) in [5.74, 6) is 1.31. The Labute approximate surface area is 163 Å². The van der Waals surface area contributed by atoms with E-state index in [-0.39, 0.29) is 23.6 Å². The molecule has 0 atom stereocenters. The molecule has 2 N–H and O–H groups in total. The smallest absolute Gasteiger partial charge is 0.311 e. The Balaban J connectivity index is 1.69. The van der Waals surface area contributed by atoms with Crippen LogP contribution in [0.15, 0.2) is 33.5 Å². The lowest BCUT2D eigenvalue weighted by Gasteiger charge is -2.05. The number of amides is 1. The average molecular weight is 414 g/mol. The SMILES string of the molecule is COC(=O)Cc1cc(=O)[nH]c(SCC(=O)NCCSCc2cccs2)n1. The number of H-pyrrole nitrogens is 1. The molecule has 26 heavy (non-hydrogen) atoms. The second-order valence-corrected chi connectivity index (χ2v) is 8.17. The zero-order valence-corrected chi connectivity index (χ0v) is 16.6. The van der Waals surface area contributed by atoms with Crippen LogP contribution in [0.4, 0.5) is 0 Å². The largest absolute Gasteiger partial charge is 0.469 e. The van der Waals surface area contributed by atoms with Crippen LogP contribution in [-0.2, 0) is 26.5 Å². The van der Waals surface area contributed by atoms with E-state index in [2.05, 4.69) is 26.1 Å². The highest BCUT2D eigenvalue weighted by molar-refractivity contribution is 7.99. The number of thioether (sulfide) groups is 2. The molecule has 1 amide bonds. The molecular weight excluding hydrogens is 394 g/mol. The lowest BCUT2D eigenvalue weighted by Crippen LogP contribution is -2.27. The van der Waals surface area contributed by atoms with Gasteiger partial charge >= 0.3 is 5.97 Å². The molecule has 0 saturated heterocycles. The summed E-state index contributed by atoms with van der Waals surface area (Å²) in [5, 5.41) is 5.19. The van der Waals surface area contributed by atoms with Crippen molar-refractivity contribution in [2.45, 2.75) is 17.3 Å². The molecule has 2 aromatic rings. The molecule has 2 heterocycles. The molecule has 0 unspecified atom stereocenters. The third-order valence-corrected chi connectivity index (χ3v) is 6.00. The highest BCUT2D eigenvalue weighted by Crippen LogP contribution is 2.16. The van der Waals surface area contributed by atoms with Gasteiger partial charge in [0.2, 0.25) is 5.91 Å². The van der Waals surface area contributed by atoms with Crippen molar-refractivity contribution < 1.29 is 14.3 Å². The first-order chi connectivity index (χ1) is 12.6. The van der Waals surface area contributed by atoms with E-state index in [1.54, 1.807) is 23.1 Å². The van der Waals surface area contributed by atoms with Crippen molar-refractivity contribution in [3.8, 4) is 0 Å². The van der Waals surface area contributed by atoms with E-state index in [4.69, 9.17) is 0 Å². The molecule has 7 nitrogen and oxygen atoms in total. The van der Waals surface area contributed by atoms with Crippen LogP contribution in [-0.4, -0.2) is 47.0 Å². The molecule has 0 aliphatic heterocycles. The molecule has 0 radical (unpaired) electrons. The molecule has 2 rings (SSSR count). The van der Waals surface area contributed by atoms with Gasteiger partial charge in [0.1, 0.15) is 0 Å². The highest BCUT2D eigenvalue weighted by Gasteiger charge is 2.09. The first-order valence-corrected chi connectivity index (χ1v) is 10.8.